The molecule has 5 heteroatoms. The number of carbonyl (C=O) groups excluding carboxylic acids is 2. The molecule has 2 N–H and O–H groups in total. The van der Waals surface area contributed by atoms with Gasteiger partial charge in [-0.05, 0) is 12.5 Å². The smallest absolute Gasteiger partial charge is 0.239 e. The van der Waals surface area contributed by atoms with E-state index in [1.807, 2.05) is 30.3 Å². The fourth-order valence-electron chi connectivity index (χ4n) is 1.75. The van der Waals surface area contributed by atoms with Gasteiger partial charge in [-0.2, -0.15) is 0 Å². The van der Waals surface area contributed by atoms with Gasteiger partial charge in [0.1, 0.15) is 0 Å². The predicted octanol–water partition coefficient (Wildman–Crippen LogP) is 0.573. The zero-order chi connectivity index (χ0) is 15.1. The van der Waals surface area contributed by atoms with Crippen LogP contribution < -0.4 is 5.32 Å². The first-order valence-corrected chi connectivity index (χ1v) is 6.63. The summed E-state index contributed by atoms with van der Waals surface area (Å²) in [5.74, 6) is -0.444. The number of rotatable bonds is 6. The third-order valence-corrected chi connectivity index (χ3v) is 3.17. The first-order chi connectivity index (χ1) is 9.40. The van der Waals surface area contributed by atoms with Crippen LogP contribution in [-0.4, -0.2) is 47.6 Å². The number of hydrogen-bond acceptors (Lipinski definition) is 3. The van der Waals surface area contributed by atoms with Crippen LogP contribution in [0.15, 0.2) is 30.3 Å². The maximum absolute atomic E-state index is 11.7. The molecule has 0 saturated heterocycles. The Morgan fingerprint density at radius 3 is 2.45 bits per heavy atom. The number of aliphatic hydroxyl groups is 1. The molecule has 2 atom stereocenters. The molecule has 0 aromatic heterocycles. The molecule has 1 rings (SSSR count). The monoisotopic (exact) mass is 278 g/mol. The number of nitrogens with zero attached hydrogens (tertiary/aromatic N) is 1. The molecule has 1 aromatic rings. The Kier molecular flexibility index (Phi) is 6.18. The van der Waals surface area contributed by atoms with Crippen molar-refractivity contribution in [3.63, 3.8) is 0 Å². The summed E-state index contributed by atoms with van der Waals surface area (Å²) in [5.41, 5.74) is 1.02. The fraction of sp³-hybridized carbons (Fsp3) is 0.467. The molecule has 0 aliphatic heterocycles. The molecule has 0 fully saturated rings. The molecular formula is C15H22N2O3. The molecule has 0 saturated carbocycles. The maximum Gasteiger partial charge on any atom is 0.239 e. The molecule has 2 amide bonds. The first-order valence-electron chi connectivity index (χ1n) is 6.63. The molecule has 5 nitrogen and oxygen atoms in total. The Morgan fingerprint density at radius 1 is 1.30 bits per heavy atom. The van der Waals surface area contributed by atoms with Crippen molar-refractivity contribution in [2.24, 2.45) is 0 Å². The SMILES string of the molecule is CC(=O)N(C)CC(=O)NC(C)C(O)Cc1ccccc1. The summed E-state index contributed by atoms with van der Waals surface area (Å²) in [6, 6.07) is 9.23. The average molecular weight is 278 g/mol. The summed E-state index contributed by atoms with van der Waals surface area (Å²) >= 11 is 0. The van der Waals surface area contributed by atoms with E-state index < -0.39 is 6.10 Å². The highest BCUT2D eigenvalue weighted by molar-refractivity contribution is 5.83. The van der Waals surface area contributed by atoms with Gasteiger partial charge in [-0.3, -0.25) is 9.59 Å². The standard InChI is InChI=1S/C15H22N2O3/c1-11(16-15(20)10-17(3)12(2)18)14(19)9-13-7-5-4-6-8-13/h4-8,11,14,19H,9-10H2,1-3H3,(H,16,20). The normalized spacial score (nSPS) is 13.4. The predicted molar refractivity (Wildman–Crippen MR) is 77.1 cm³/mol. The van der Waals surface area contributed by atoms with Crippen LogP contribution in [0.4, 0.5) is 0 Å². The van der Waals surface area contributed by atoms with E-state index in [1.165, 1.54) is 11.8 Å². The number of hydrogen-bond donors (Lipinski definition) is 2. The molecule has 0 aliphatic carbocycles. The maximum atomic E-state index is 11.7. The summed E-state index contributed by atoms with van der Waals surface area (Å²) in [7, 11) is 1.56. The summed E-state index contributed by atoms with van der Waals surface area (Å²) < 4.78 is 0. The molecule has 2 unspecified atom stereocenters. The highest BCUT2D eigenvalue weighted by Crippen LogP contribution is 2.06. The van der Waals surface area contributed by atoms with E-state index in [2.05, 4.69) is 5.32 Å². The van der Waals surface area contributed by atoms with Gasteiger partial charge >= 0.3 is 0 Å². The quantitative estimate of drug-likeness (QED) is 0.799. The number of aliphatic hydroxyl groups excluding tert-OH is 1. The number of carbonyl (C=O) groups is 2. The van der Waals surface area contributed by atoms with Crippen molar-refractivity contribution in [3.05, 3.63) is 35.9 Å². The van der Waals surface area contributed by atoms with Crippen molar-refractivity contribution in [2.75, 3.05) is 13.6 Å². The minimum atomic E-state index is -0.663. The van der Waals surface area contributed by atoms with Crippen molar-refractivity contribution in [1.82, 2.24) is 10.2 Å². The molecule has 0 bridgehead atoms. The topological polar surface area (TPSA) is 69.6 Å². The van der Waals surface area contributed by atoms with Crippen LogP contribution in [0.5, 0.6) is 0 Å². The van der Waals surface area contributed by atoms with Crippen LogP contribution in [0.25, 0.3) is 0 Å². The van der Waals surface area contributed by atoms with Crippen LogP contribution in [0.1, 0.15) is 19.4 Å². The van der Waals surface area contributed by atoms with E-state index >= 15 is 0 Å². The number of amides is 2. The van der Waals surface area contributed by atoms with E-state index in [4.69, 9.17) is 0 Å². The van der Waals surface area contributed by atoms with Crippen LogP contribution in [0.3, 0.4) is 0 Å². The van der Waals surface area contributed by atoms with Gasteiger partial charge < -0.3 is 15.3 Å². The first kappa shape index (κ1) is 16.2. The Balaban J connectivity index is 2.43. The molecule has 0 aliphatic rings. The summed E-state index contributed by atoms with van der Waals surface area (Å²) in [5, 5.41) is 12.8. The van der Waals surface area contributed by atoms with Gasteiger partial charge in [0, 0.05) is 20.4 Å². The van der Waals surface area contributed by atoms with Gasteiger partial charge in [-0.15, -0.1) is 0 Å². The Labute approximate surface area is 119 Å². The highest BCUT2D eigenvalue weighted by atomic mass is 16.3. The molecule has 0 spiro atoms. The fourth-order valence-corrected chi connectivity index (χ4v) is 1.75. The largest absolute Gasteiger partial charge is 0.391 e. The van der Waals surface area contributed by atoms with Crippen molar-refractivity contribution in [2.45, 2.75) is 32.4 Å². The molecule has 20 heavy (non-hydrogen) atoms. The van der Waals surface area contributed by atoms with Gasteiger partial charge in [-0.1, -0.05) is 30.3 Å². The van der Waals surface area contributed by atoms with Gasteiger partial charge in [0.05, 0.1) is 18.7 Å². The molecule has 0 radical (unpaired) electrons. The Hall–Kier alpha value is -1.88. The van der Waals surface area contributed by atoms with E-state index in [0.29, 0.717) is 6.42 Å². The van der Waals surface area contributed by atoms with Crippen molar-refractivity contribution < 1.29 is 14.7 Å². The van der Waals surface area contributed by atoms with Crippen molar-refractivity contribution >= 4 is 11.8 Å². The van der Waals surface area contributed by atoms with E-state index in [0.717, 1.165) is 5.56 Å². The Bertz CT molecular complexity index is 448. The minimum Gasteiger partial charge on any atom is -0.391 e. The molecule has 1 aromatic carbocycles. The molecule has 0 heterocycles. The molecular weight excluding hydrogens is 256 g/mol. The lowest BCUT2D eigenvalue weighted by Crippen LogP contribution is -2.46. The summed E-state index contributed by atoms with van der Waals surface area (Å²) in [4.78, 5) is 24.1. The third-order valence-electron chi connectivity index (χ3n) is 3.17. The second-order valence-corrected chi connectivity index (χ2v) is 4.99. The van der Waals surface area contributed by atoms with Gasteiger partial charge in [-0.25, -0.2) is 0 Å². The van der Waals surface area contributed by atoms with Gasteiger partial charge in [0.15, 0.2) is 0 Å². The van der Waals surface area contributed by atoms with E-state index in [-0.39, 0.29) is 24.4 Å². The summed E-state index contributed by atoms with van der Waals surface area (Å²) in [6.45, 7) is 3.15. The van der Waals surface area contributed by atoms with Crippen LogP contribution >= 0.6 is 0 Å². The Morgan fingerprint density at radius 2 is 1.90 bits per heavy atom. The lowest BCUT2D eigenvalue weighted by atomic mass is 10.0. The third kappa shape index (κ3) is 5.40. The van der Waals surface area contributed by atoms with Gasteiger partial charge in [0.2, 0.25) is 11.8 Å². The van der Waals surface area contributed by atoms with Crippen molar-refractivity contribution in [3.8, 4) is 0 Å². The number of benzene rings is 1. The summed E-state index contributed by atoms with van der Waals surface area (Å²) in [6.07, 6.45) is -0.186. The van der Waals surface area contributed by atoms with Crippen LogP contribution in [-0.2, 0) is 16.0 Å². The minimum absolute atomic E-state index is 0.00225. The second-order valence-electron chi connectivity index (χ2n) is 4.99. The number of likely N-dealkylation sites (N-methyl/N-ethyl adjacent to an activating group) is 1. The van der Waals surface area contributed by atoms with Crippen LogP contribution in [0.2, 0.25) is 0 Å². The zero-order valence-corrected chi connectivity index (χ0v) is 12.2. The zero-order valence-electron chi connectivity index (χ0n) is 12.2. The molecule has 110 valence electrons. The number of nitrogens with one attached hydrogen (secondary N) is 1. The van der Waals surface area contributed by atoms with Crippen LogP contribution in [0, 0.1) is 0 Å². The van der Waals surface area contributed by atoms with Crippen molar-refractivity contribution in [1.29, 1.82) is 0 Å². The lowest BCUT2D eigenvalue weighted by molar-refractivity contribution is -0.133. The van der Waals surface area contributed by atoms with Gasteiger partial charge in [0.25, 0.3) is 0 Å². The van der Waals surface area contributed by atoms with E-state index in [9.17, 15) is 14.7 Å². The highest BCUT2D eigenvalue weighted by Gasteiger charge is 2.18. The van der Waals surface area contributed by atoms with E-state index in [1.54, 1.807) is 14.0 Å². The lowest BCUT2D eigenvalue weighted by Gasteiger charge is -2.22. The average Bonchev–Trinajstić information content (AvgIpc) is 2.39. The second kappa shape index (κ2) is 7.65.